The quantitative estimate of drug-likeness (QED) is 0.685. The third-order valence-corrected chi connectivity index (χ3v) is 2.55. The van der Waals surface area contributed by atoms with Gasteiger partial charge in [0, 0.05) is 19.6 Å². The minimum absolute atomic E-state index is 0.0403. The Bertz CT molecular complexity index is 353. The van der Waals surface area contributed by atoms with E-state index in [0.29, 0.717) is 24.6 Å². The smallest absolute Gasteiger partial charge is 0.173 e. The third-order valence-electron chi connectivity index (χ3n) is 2.55. The van der Waals surface area contributed by atoms with Crippen LogP contribution in [0.4, 0.5) is 5.82 Å². The first-order valence-corrected chi connectivity index (χ1v) is 4.59. The summed E-state index contributed by atoms with van der Waals surface area (Å²) in [5.41, 5.74) is 6.23. The van der Waals surface area contributed by atoms with E-state index in [1.165, 1.54) is 10.9 Å². The normalized spacial score (nSPS) is 21.4. The summed E-state index contributed by atoms with van der Waals surface area (Å²) in [6.07, 6.45) is 2.31. The van der Waals surface area contributed by atoms with E-state index in [9.17, 15) is 4.79 Å². The van der Waals surface area contributed by atoms with Crippen LogP contribution in [0.15, 0.2) is 6.20 Å². The number of nitrogens with zero attached hydrogens (tertiary/aromatic N) is 2. The molecule has 1 fully saturated rings. The number of anilines is 1. The van der Waals surface area contributed by atoms with Gasteiger partial charge in [-0.2, -0.15) is 5.10 Å². The first-order chi connectivity index (χ1) is 6.70. The zero-order chi connectivity index (χ0) is 10.1. The van der Waals surface area contributed by atoms with Gasteiger partial charge in [0.2, 0.25) is 0 Å². The number of aromatic nitrogens is 2. The van der Waals surface area contributed by atoms with E-state index >= 15 is 0 Å². The molecule has 14 heavy (non-hydrogen) atoms. The molecule has 0 saturated carbocycles. The van der Waals surface area contributed by atoms with Crippen molar-refractivity contribution in [3.63, 3.8) is 0 Å². The maximum atomic E-state index is 11.9. The van der Waals surface area contributed by atoms with Crippen molar-refractivity contribution in [1.82, 2.24) is 9.78 Å². The summed E-state index contributed by atoms with van der Waals surface area (Å²) in [5, 5.41) is 3.94. The van der Waals surface area contributed by atoms with Crippen molar-refractivity contribution < 1.29 is 9.53 Å². The lowest BCUT2D eigenvalue weighted by Crippen LogP contribution is -2.15. The van der Waals surface area contributed by atoms with Crippen molar-refractivity contribution in [2.45, 2.75) is 6.42 Å². The lowest BCUT2D eigenvalue weighted by atomic mass is 9.99. The predicted molar refractivity (Wildman–Crippen MR) is 50.9 cm³/mol. The van der Waals surface area contributed by atoms with Crippen LogP contribution in [-0.4, -0.2) is 28.8 Å². The molecule has 0 radical (unpaired) electrons. The highest BCUT2D eigenvalue weighted by Crippen LogP contribution is 2.21. The molecule has 0 amide bonds. The second-order valence-corrected chi connectivity index (χ2v) is 3.49. The number of hydrogen-bond acceptors (Lipinski definition) is 4. The average molecular weight is 195 g/mol. The zero-order valence-corrected chi connectivity index (χ0v) is 8.06. The van der Waals surface area contributed by atoms with Crippen LogP contribution in [0.1, 0.15) is 16.8 Å². The van der Waals surface area contributed by atoms with E-state index in [0.717, 1.165) is 6.42 Å². The summed E-state index contributed by atoms with van der Waals surface area (Å²) in [4.78, 5) is 11.9. The Labute approximate surface area is 81.8 Å². The van der Waals surface area contributed by atoms with Crippen molar-refractivity contribution in [3.05, 3.63) is 11.8 Å². The molecule has 1 aliphatic rings. The summed E-state index contributed by atoms with van der Waals surface area (Å²) in [7, 11) is 1.72. The van der Waals surface area contributed by atoms with Gasteiger partial charge in [-0.15, -0.1) is 0 Å². The number of nitrogens with two attached hydrogens (primary N) is 1. The molecule has 2 heterocycles. The van der Waals surface area contributed by atoms with E-state index in [1.54, 1.807) is 7.05 Å². The van der Waals surface area contributed by atoms with Crippen LogP contribution < -0.4 is 5.73 Å². The van der Waals surface area contributed by atoms with Gasteiger partial charge in [-0.05, 0) is 6.42 Å². The highest BCUT2D eigenvalue weighted by Gasteiger charge is 2.27. The van der Waals surface area contributed by atoms with Gasteiger partial charge >= 0.3 is 0 Å². The van der Waals surface area contributed by atoms with Crippen LogP contribution in [-0.2, 0) is 11.8 Å². The number of Topliss-reactive ketones (excluding diaryl/α,β-unsaturated/α-hetero) is 1. The Hall–Kier alpha value is -1.36. The minimum Gasteiger partial charge on any atom is -0.383 e. The number of rotatable bonds is 2. The first kappa shape index (κ1) is 9.21. The van der Waals surface area contributed by atoms with Gasteiger partial charge in [0.15, 0.2) is 5.78 Å². The number of ether oxygens (including phenoxy) is 1. The standard InChI is InChI=1S/C9H13N3O2/c1-12-9(10)7(4-11-12)8(13)6-2-3-14-5-6/h4,6H,2-3,5,10H2,1H3. The van der Waals surface area contributed by atoms with Crippen LogP contribution in [0.3, 0.4) is 0 Å². The largest absolute Gasteiger partial charge is 0.383 e. The van der Waals surface area contributed by atoms with Crippen LogP contribution >= 0.6 is 0 Å². The zero-order valence-electron chi connectivity index (χ0n) is 8.06. The molecule has 0 aromatic carbocycles. The lowest BCUT2D eigenvalue weighted by Gasteiger charge is -2.04. The predicted octanol–water partition coefficient (Wildman–Crippen LogP) is 0.222. The van der Waals surface area contributed by atoms with Gasteiger partial charge in [-0.3, -0.25) is 9.48 Å². The third kappa shape index (κ3) is 1.39. The molecule has 1 aromatic heterocycles. The molecule has 1 unspecified atom stereocenters. The van der Waals surface area contributed by atoms with Crippen molar-refractivity contribution in [1.29, 1.82) is 0 Å². The molecule has 2 N–H and O–H groups in total. The Morgan fingerprint density at radius 1 is 1.79 bits per heavy atom. The van der Waals surface area contributed by atoms with E-state index in [-0.39, 0.29) is 11.7 Å². The van der Waals surface area contributed by atoms with Crippen LogP contribution in [0.25, 0.3) is 0 Å². The maximum Gasteiger partial charge on any atom is 0.173 e. The lowest BCUT2D eigenvalue weighted by molar-refractivity contribution is 0.0901. The van der Waals surface area contributed by atoms with E-state index in [1.807, 2.05) is 0 Å². The molecule has 76 valence electrons. The number of nitrogen functional groups attached to an aromatic ring is 1. The Morgan fingerprint density at radius 2 is 2.57 bits per heavy atom. The van der Waals surface area contributed by atoms with Crippen LogP contribution in [0.2, 0.25) is 0 Å². The van der Waals surface area contributed by atoms with Gasteiger partial charge < -0.3 is 10.5 Å². The summed E-state index contributed by atoms with van der Waals surface area (Å²) in [5.74, 6) is 0.441. The fourth-order valence-corrected chi connectivity index (χ4v) is 1.60. The van der Waals surface area contributed by atoms with Gasteiger partial charge in [0.25, 0.3) is 0 Å². The average Bonchev–Trinajstić information content (AvgIpc) is 2.77. The second kappa shape index (κ2) is 3.42. The Balaban J connectivity index is 2.22. The topological polar surface area (TPSA) is 70.1 Å². The highest BCUT2D eigenvalue weighted by molar-refractivity contribution is 6.01. The molecule has 5 heteroatoms. The van der Waals surface area contributed by atoms with Gasteiger partial charge in [0.1, 0.15) is 5.82 Å². The fourth-order valence-electron chi connectivity index (χ4n) is 1.60. The summed E-state index contributed by atoms with van der Waals surface area (Å²) in [6.45, 7) is 1.17. The number of carbonyl (C=O) groups excluding carboxylic acids is 1. The Morgan fingerprint density at radius 3 is 3.07 bits per heavy atom. The van der Waals surface area contributed by atoms with Crippen molar-refractivity contribution in [2.75, 3.05) is 18.9 Å². The molecule has 0 aliphatic carbocycles. The number of ketones is 1. The fraction of sp³-hybridized carbons (Fsp3) is 0.556. The molecule has 1 saturated heterocycles. The van der Waals surface area contributed by atoms with Gasteiger partial charge in [-0.25, -0.2) is 0 Å². The summed E-state index contributed by atoms with van der Waals surface area (Å²) < 4.78 is 6.66. The molecule has 0 bridgehead atoms. The van der Waals surface area contributed by atoms with Crippen molar-refractivity contribution in [2.24, 2.45) is 13.0 Å². The van der Waals surface area contributed by atoms with Crippen LogP contribution in [0, 0.1) is 5.92 Å². The number of aryl methyl sites for hydroxylation is 1. The monoisotopic (exact) mass is 195 g/mol. The minimum atomic E-state index is -0.0403. The molecule has 5 nitrogen and oxygen atoms in total. The molecular formula is C9H13N3O2. The maximum absolute atomic E-state index is 11.9. The first-order valence-electron chi connectivity index (χ1n) is 4.59. The molecule has 1 aromatic rings. The number of carbonyl (C=O) groups is 1. The number of hydrogen-bond donors (Lipinski definition) is 1. The van der Waals surface area contributed by atoms with E-state index in [2.05, 4.69) is 5.10 Å². The molecule has 1 atom stereocenters. The van der Waals surface area contributed by atoms with Gasteiger partial charge in [0.05, 0.1) is 18.4 Å². The molecule has 1 aliphatic heterocycles. The summed E-state index contributed by atoms with van der Waals surface area (Å²) >= 11 is 0. The van der Waals surface area contributed by atoms with Crippen molar-refractivity contribution in [3.8, 4) is 0 Å². The van der Waals surface area contributed by atoms with Crippen molar-refractivity contribution >= 4 is 11.6 Å². The second-order valence-electron chi connectivity index (χ2n) is 3.49. The van der Waals surface area contributed by atoms with Crippen LogP contribution in [0.5, 0.6) is 0 Å². The molecular weight excluding hydrogens is 182 g/mol. The summed E-state index contributed by atoms with van der Waals surface area (Å²) in [6, 6.07) is 0. The molecule has 0 spiro atoms. The highest BCUT2D eigenvalue weighted by atomic mass is 16.5. The van der Waals surface area contributed by atoms with Gasteiger partial charge in [-0.1, -0.05) is 0 Å². The van der Waals surface area contributed by atoms with E-state index in [4.69, 9.17) is 10.5 Å². The van der Waals surface area contributed by atoms with E-state index < -0.39 is 0 Å². The Kier molecular flexibility index (Phi) is 2.25. The SMILES string of the molecule is Cn1ncc(C(=O)C2CCOC2)c1N. The molecule has 2 rings (SSSR count).